The van der Waals surface area contributed by atoms with Crippen molar-refractivity contribution in [3.8, 4) is 0 Å². The fraction of sp³-hybridized carbons (Fsp3) is 0.300. The number of amides is 2. The topological polar surface area (TPSA) is 96.0 Å². The smallest absolute Gasteiger partial charge is 0.352 e. The Labute approximate surface area is 181 Å². The molecular weight excluding hydrogens is 435 g/mol. The van der Waals surface area contributed by atoms with Crippen molar-refractivity contribution in [2.75, 3.05) is 0 Å². The Morgan fingerprint density at radius 1 is 1.23 bits per heavy atom. The second-order valence-corrected chi connectivity index (χ2v) is 7.64. The number of hydrogen-bond acceptors (Lipinski definition) is 5. The van der Waals surface area contributed by atoms with Gasteiger partial charge in [0, 0.05) is 47.1 Å². The molecule has 31 heavy (non-hydrogen) atoms. The fourth-order valence-corrected chi connectivity index (χ4v) is 3.27. The molecule has 0 radical (unpaired) electrons. The lowest BCUT2D eigenvalue weighted by atomic mass is 9.93. The van der Waals surface area contributed by atoms with Crippen molar-refractivity contribution in [3.63, 3.8) is 0 Å². The Morgan fingerprint density at radius 2 is 1.90 bits per heavy atom. The highest BCUT2D eigenvalue weighted by Crippen LogP contribution is 2.43. The van der Waals surface area contributed by atoms with E-state index in [0.717, 1.165) is 6.08 Å². The third-order valence-electron chi connectivity index (χ3n) is 4.63. The summed E-state index contributed by atoms with van der Waals surface area (Å²) in [5.41, 5.74) is -2.95. The van der Waals surface area contributed by atoms with E-state index in [2.05, 4.69) is 20.6 Å². The molecule has 1 aliphatic rings. The van der Waals surface area contributed by atoms with Crippen LogP contribution >= 0.6 is 11.6 Å². The summed E-state index contributed by atoms with van der Waals surface area (Å²) in [7, 11) is 0. The quantitative estimate of drug-likeness (QED) is 0.647. The van der Waals surface area contributed by atoms with Crippen LogP contribution in [0.25, 0.3) is 5.70 Å². The van der Waals surface area contributed by atoms with Gasteiger partial charge >= 0.3 is 6.18 Å². The number of halogens is 4. The first-order chi connectivity index (χ1) is 14.5. The number of alkyl halides is 3. The molecule has 2 aromatic rings. The van der Waals surface area contributed by atoms with Crippen LogP contribution in [0, 0.1) is 5.92 Å². The first kappa shape index (κ1) is 22.5. The summed E-state index contributed by atoms with van der Waals surface area (Å²) in [5, 5.41) is 6.78. The third-order valence-corrected chi connectivity index (χ3v) is 4.96. The Hall–Kier alpha value is -3.14. The molecule has 1 aromatic carbocycles. The van der Waals surface area contributed by atoms with E-state index in [4.69, 9.17) is 11.6 Å². The molecular formula is C20H19ClF3N5O2. The van der Waals surface area contributed by atoms with Crippen molar-refractivity contribution < 1.29 is 22.8 Å². The average Bonchev–Trinajstić information content (AvgIpc) is 2.72. The van der Waals surface area contributed by atoms with Crippen LogP contribution < -0.4 is 16.0 Å². The minimum Gasteiger partial charge on any atom is -0.352 e. The Balaban J connectivity index is 2.05. The zero-order chi connectivity index (χ0) is 22.8. The molecule has 0 aliphatic carbocycles. The van der Waals surface area contributed by atoms with Gasteiger partial charge in [-0.1, -0.05) is 31.5 Å². The number of rotatable bonds is 5. The molecule has 0 fully saturated rings. The number of aromatic nitrogens is 2. The number of carbonyl (C=O) groups is 2. The largest absolute Gasteiger partial charge is 0.434 e. The summed E-state index contributed by atoms with van der Waals surface area (Å²) in [6.07, 6.45) is -0.198. The molecule has 0 saturated carbocycles. The number of carbonyl (C=O) groups excluding carboxylic acids is 2. The van der Waals surface area contributed by atoms with E-state index in [1.807, 2.05) is 5.32 Å². The summed E-state index contributed by atoms with van der Waals surface area (Å²) in [4.78, 5) is 31.7. The number of benzene rings is 1. The van der Waals surface area contributed by atoms with E-state index in [1.165, 1.54) is 36.9 Å². The highest BCUT2D eigenvalue weighted by molar-refractivity contribution is 6.31. The summed E-state index contributed by atoms with van der Waals surface area (Å²) < 4.78 is 43.2. The summed E-state index contributed by atoms with van der Waals surface area (Å²) in [6, 6.07) is 4.00. The van der Waals surface area contributed by atoms with Crippen molar-refractivity contribution in [1.82, 2.24) is 25.9 Å². The van der Waals surface area contributed by atoms with Gasteiger partial charge in [0.1, 0.15) is 6.33 Å². The van der Waals surface area contributed by atoms with Crippen molar-refractivity contribution in [2.45, 2.75) is 32.2 Å². The molecule has 1 aromatic heterocycles. The van der Waals surface area contributed by atoms with Gasteiger partial charge in [-0.05, 0) is 17.7 Å². The van der Waals surface area contributed by atoms with Gasteiger partial charge in [-0.2, -0.15) is 13.2 Å². The van der Waals surface area contributed by atoms with Crippen LogP contribution in [0.4, 0.5) is 13.2 Å². The van der Waals surface area contributed by atoms with Gasteiger partial charge in [0.05, 0.1) is 5.70 Å². The average molecular weight is 454 g/mol. The fourth-order valence-electron chi connectivity index (χ4n) is 3.01. The SMILES string of the molecule is CC(C)C(=O)NCc1ccc(Cl)c(C2(C(F)(F)F)NC(=O)C=C(c3cncnc3)N2)c1. The number of nitrogens with one attached hydrogen (secondary N) is 3. The minimum atomic E-state index is -4.97. The van der Waals surface area contributed by atoms with E-state index in [9.17, 15) is 22.8 Å². The van der Waals surface area contributed by atoms with E-state index >= 15 is 0 Å². The molecule has 2 heterocycles. The zero-order valence-corrected chi connectivity index (χ0v) is 17.3. The van der Waals surface area contributed by atoms with Crippen molar-refractivity contribution in [1.29, 1.82) is 0 Å². The monoisotopic (exact) mass is 453 g/mol. The summed E-state index contributed by atoms with van der Waals surface area (Å²) >= 11 is 6.16. The van der Waals surface area contributed by atoms with Gasteiger partial charge < -0.3 is 16.0 Å². The molecule has 164 valence electrons. The Morgan fingerprint density at radius 3 is 2.52 bits per heavy atom. The lowest BCUT2D eigenvalue weighted by Gasteiger charge is -2.41. The Kier molecular flexibility index (Phi) is 6.21. The van der Waals surface area contributed by atoms with Gasteiger partial charge in [-0.15, -0.1) is 0 Å². The lowest BCUT2D eigenvalue weighted by molar-refractivity contribution is -0.209. The van der Waals surface area contributed by atoms with Crippen LogP contribution in [0.3, 0.4) is 0 Å². The highest BCUT2D eigenvalue weighted by atomic mass is 35.5. The predicted molar refractivity (Wildman–Crippen MR) is 107 cm³/mol. The molecule has 7 nitrogen and oxygen atoms in total. The maximum absolute atomic E-state index is 14.4. The van der Waals surface area contributed by atoms with Crippen LogP contribution in [0.2, 0.25) is 5.02 Å². The molecule has 3 N–H and O–H groups in total. The van der Waals surface area contributed by atoms with Crippen LogP contribution in [0.5, 0.6) is 0 Å². The van der Waals surface area contributed by atoms with Crippen molar-refractivity contribution in [3.05, 3.63) is 64.7 Å². The molecule has 1 unspecified atom stereocenters. The summed E-state index contributed by atoms with van der Waals surface area (Å²) in [6.45, 7) is 3.39. The second-order valence-electron chi connectivity index (χ2n) is 7.23. The Bertz CT molecular complexity index is 1030. The number of hydrogen-bond donors (Lipinski definition) is 3. The molecule has 0 bridgehead atoms. The summed E-state index contributed by atoms with van der Waals surface area (Å²) in [5.74, 6) is -1.50. The normalized spacial score (nSPS) is 18.8. The second kappa shape index (κ2) is 8.54. The van der Waals surface area contributed by atoms with Gasteiger partial charge in [0.15, 0.2) is 0 Å². The lowest BCUT2D eigenvalue weighted by Crippen LogP contribution is -2.66. The van der Waals surface area contributed by atoms with E-state index < -0.39 is 23.3 Å². The predicted octanol–water partition coefficient (Wildman–Crippen LogP) is 2.88. The van der Waals surface area contributed by atoms with Gasteiger partial charge in [-0.25, -0.2) is 9.97 Å². The van der Waals surface area contributed by atoms with Crippen LogP contribution in [0.1, 0.15) is 30.5 Å². The third kappa shape index (κ3) is 4.63. The van der Waals surface area contributed by atoms with E-state index in [1.54, 1.807) is 13.8 Å². The van der Waals surface area contributed by atoms with Crippen molar-refractivity contribution >= 4 is 29.1 Å². The first-order valence-corrected chi connectivity index (χ1v) is 9.62. The van der Waals surface area contributed by atoms with Crippen LogP contribution in [-0.4, -0.2) is 28.0 Å². The van der Waals surface area contributed by atoms with E-state index in [-0.39, 0.29) is 34.7 Å². The maximum atomic E-state index is 14.4. The highest BCUT2D eigenvalue weighted by Gasteiger charge is 2.60. The maximum Gasteiger partial charge on any atom is 0.434 e. The molecule has 1 atom stereocenters. The zero-order valence-electron chi connectivity index (χ0n) is 16.5. The van der Waals surface area contributed by atoms with Gasteiger partial charge in [0.25, 0.3) is 0 Å². The molecule has 3 rings (SSSR count). The standard InChI is InChI=1S/C20H19ClF3N5O2/c1-11(2)18(31)27-7-12-3-4-15(21)14(5-12)19(20(22,23)24)28-16(6-17(30)29-19)13-8-25-10-26-9-13/h3-6,8-11,28H,7H2,1-2H3,(H,27,31)(H,29,30). The van der Waals surface area contributed by atoms with Crippen LogP contribution in [-0.2, 0) is 21.8 Å². The minimum absolute atomic E-state index is 0.00170. The van der Waals surface area contributed by atoms with Gasteiger partial charge in [0.2, 0.25) is 17.5 Å². The molecule has 0 saturated heterocycles. The molecule has 1 aliphatic heterocycles. The number of nitrogens with zero attached hydrogens (tertiary/aromatic N) is 2. The molecule has 2 amide bonds. The van der Waals surface area contributed by atoms with E-state index in [0.29, 0.717) is 5.56 Å². The van der Waals surface area contributed by atoms with Crippen LogP contribution in [0.15, 0.2) is 43.0 Å². The van der Waals surface area contributed by atoms with Crippen molar-refractivity contribution in [2.24, 2.45) is 5.92 Å². The molecule has 0 spiro atoms. The van der Waals surface area contributed by atoms with Gasteiger partial charge in [-0.3, -0.25) is 9.59 Å². The first-order valence-electron chi connectivity index (χ1n) is 9.24. The molecule has 11 heteroatoms.